The summed E-state index contributed by atoms with van der Waals surface area (Å²) in [6.07, 6.45) is -1.03. The van der Waals surface area contributed by atoms with E-state index in [-0.39, 0.29) is 5.56 Å². The fourth-order valence-corrected chi connectivity index (χ4v) is 2.85. The van der Waals surface area contributed by atoms with Crippen molar-refractivity contribution >= 4 is 5.91 Å². The third-order valence-corrected chi connectivity index (χ3v) is 4.27. The van der Waals surface area contributed by atoms with Crippen LogP contribution in [0.25, 0.3) is 0 Å². The molecular weight excluding hydrogens is 323 g/mol. The van der Waals surface area contributed by atoms with E-state index in [1.165, 1.54) is 24.3 Å². The van der Waals surface area contributed by atoms with Gasteiger partial charge in [0.1, 0.15) is 23.3 Å². The quantitative estimate of drug-likeness (QED) is 0.881. The molecule has 0 unspecified atom stereocenters. The molecule has 0 radical (unpaired) electrons. The van der Waals surface area contributed by atoms with Crippen molar-refractivity contribution in [3.8, 4) is 11.8 Å². The van der Waals surface area contributed by atoms with Crippen LogP contribution in [0.5, 0.6) is 5.75 Å². The van der Waals surface area contributed by atoms with Gasteiger partial charge in [-0.3, -0.25) is 4.79 Å². The van der Waals surface area contributed by atoms with E-state index < -0.39 is 29.5 Å². The highest BCUT2D eigenvalue weighted by molar-refractivity contribution is 5.94. The predicted molar refractivity (Wildman–Crippen MR) is 88.5 cm³/mol. The third-order valence-electron chi connectivity index (χ3n) is 4.27. The van der Waals surface area contributed by atoms with Crippen LogP contribution < -0.4 is 10.1 Å². The first-order valence-corrected chi connectivity index (χ1v) is 7.79. The van der Waals surface area contributed by atoms with E-state index in [2.05, 4.69) is 5.32 Å². The fraction of sp³-hybridized carbons (Fsp3) is 0.263. The highest BCUT2D eigenvalue weighted by atomic mass is 19.1. The highest BCUT2D eigenvalue weighted by Gasteiger charge is 2.43. The SMILES string of the molecule is CC1(C)Oc2ccc(C#N)cc2[C@H](NC(=O)c2ccc(F)cc2)[C@H]1O. The molecule has 0 saturated heterocycles. The van der Waals surface area contributed by atoms with E-state index >= 15 is 0 Å². The van der Waals surface area contributed by atoms with Crippen LogP contribution in [0.15, 0.2) is 42.5 Å². The van der Waals surface area contributed by atoms with E-state index in [1.54, 1.807) is 32.0 Å². The second-order valence-corrected chi connectivity index (χ2v) is 6.47. The van der Waals surface area contributed by atoms with Crippen LogP contribution >= 0.6 is 0 Å². The van der Waals surface area contributed by atoms with Crippen LogP contribution in [0.1, 0.15) is 41.4 Å². The number of hydrogen-bond acceptors (Lipinski definition) is 4. The molecule has 1 amide bonds. The van der Waals surface area contributed by atoms with Gasteiger partial charge in [-0.2, -0.15) is 5.26 Å². The average molecular weight is 340 g/mol. The molecular formula is C19H17FN2O3. The summed E-state index contributed by atoms with van der Waals surface area (Å²) in [5.41, 5.74) is 0.273. The van der Waals surface area contributed by atoms with E-state index in [0.717, 1.165) is 0 Å². The van der Waals surface area contributed by atoms with Crippen LogP contribution in [0, 0.1) is 17.1 Å². The molecule has 1 aliphatic heterocycles. The number of nitrogens with zero attached hydrogens (tertiary/aromatic N) is 1. The number of aliphatic hydroxyl groups is 1. The summed E-state index contributed by atoms with van der Waals surface area (Å²) in [5.74, 6) is -0.387. The molecule has 0 spiro atoms. The van der Waals surface area contributed by atoms with E-state index in [0.29, 0.717) is 16.9 Å². The lowest BCUT2D eigenvalue weighted by molar-refractivity contribution is -0.0627. The Balaban J connectivity index is 1.97. The average Bonchev–Trinajstić information content (AvgIpc) is 2.59. The Morgan fingerprint density at radius 1 is 1.28 bits per heavy atom. The molecule has 128 valence electrons. The summed E-state index contributed by atoms with van der Waals surface area (Å²) < 4.78 is 18.8. The number of hydrogen-bond donors (Lipinski definition) is 2. The van der Waals surface area contributed by atoms with Gasteiger partial charge in [-0.25, -0.2) is 4.39 Å². The summed E-state index contributed by atoms with van der Waals surface area (Å²) in [5, 5.41) is 22.5. The fourth-order valence-electron chi connectivity index (χ4n) is 2.85. The van der Waals surface area contributed by atoms with Gasteiger partial charge in [0.25, 0.3) is 5.91 Å². The number of nitrogens with one attached hydrogen (secondary N) is 1. The topological polar surface area (TPSA) is 82.3 Å². The van der Waals surface area contributed by atoms with Crippen molar-refractivity contribution in [1.82, 2.24) is 5.32 Å². The van der Waals surface area contributed by atoms with Crippen molar-refractivity contribution in [2.24, 2.45) is 0 Å². The van der Waals surface area contributed by atoms with Gasteiger partial charge in [0.15, 0.2) is 0 Å². The number of amides is 1. The lowest BCUT2D eigenvalue weighted by atomic mass is 9.85. The van der Waals surface area contributed by atoms with E-state index in [9.17, 15) is 14.3 Å². The highest BCUT2D eigenvalue weighted by Crippen LogP contribution is 2.40. The predicted octanol–water partition coefficient (Wildman–Crippen LogP) is 2.70. The van der Waals surface area contributed by atoms with Crippen LogP contribution in [-0.4, -0.2) is 22.7 Å². The summed E-state index contributed by atoms with van der Waals surface area (Å²) in [6, 6.07) is 11.3. The number of carbonyl (C=O) groups is 1. The molecule has 0 fully saturated rings. The Labute approximate surface area is 144 Å². The van der Waals surface area contributed by atoms with Crippen LogP contribution in [0.3, 0.4) is 0 Å². The molecule has 3 rings (SSSR count). The maximum absolute atomic E-state index is 13.0. The molecule has 0 aliphatic carbocycles. The minimum atomic E-state index is -1.03. The molecule has 1 heterocycles. The van der Waals surface area contributed by atoms with Gasteiger partial charge in [0.2, 0.25) is 0 Å². The molecule has 2 aromatic rings. The molecule has 2 atom stereocenters. The first-order chi connectivity index (χ1) is 11.8. The number of aliphatic hydroxyl groups excluding tert-OH is 1. The van der Waals surface area contributed by atoms with Gasteiger partial charge in [-0.15, -0.1) is 0 Å². The van der Waals surface area contributed by atoms with Gasteiger partial charge < -0.3 is 15.2 Å². The molecule has 5 nitrogen and oxygen atoms in total. The first-order valence-electron chi connectivity index (χ1n) is 7.79. The Kier molecular flexibility index (Phi) is 4.19. The molecule has 2 N–H and O–H groups in total. The third kappa shape index (κ3) is 3.19. The molecule has 25 heavy (non-hydrogen) atoms. The van der Waals surface area contributed by atoms with E-state index in [4.69, 9.17) is 10.00 Å². The Hall–Kier alpha value is -2.91. The lowest BCUT2D eigenvalue weighted by Crippen LogP contribution is -2.53. The Morgan fingerprint density at radius 2 is 1.96 bits per heavy atom. The monoisotopic (exact) mass is 340 g/mol. The number of halogens is 1. The van der Waals surface area contributed by atoms with Crippen molar-refractivity contribution < 1.29 is 19.0 Å². The summed E-state index contributed by atoms with van der Waals surface area (Å²) in [7, 11) is 0. The van der Waals surface area contributed by atoms with Crippen molar-refractivity contribution in [3.05, 3.63) is 65.0 Å². The molecule has 6 heteroatoms. The normalized spacial score (nSPS) is 20.8. The number of benzene rings is 2. The minimum Gasteiger partial charge on any atom is -0.485 e. The molecule has 0 bridgehead atoms. The maximum atomic E-state index is 13.0. The van der Waals surface area contributed by atoms with Crippen LogP contribution in [-0.2, 0) is 0 Å². The summed E-state index contributed by atoms with van der Waals surface area (Å²) in [4.78, 5) is 12.5. The molecule has 2 aromatic carbocycles. The van der Waals surface area contributed by atoms with Crippen molar-refractivity contribution in [2.45, 2.75) is 31.6 Å². The maximum Gasteiger partial charge on any atom is 0.251 e. The zero-order valence-electron chi connectivity index (χ0n) is 13.8. The van der Waals surface area contributed by atoms with E-state index in [1.807, 2.05) is 6.07 Å². The van der Waals surface area contributed by atoms with Gasteiger partial charge in [-0.1, -0.05) is 0 Å². The van der Waals surface area contributed by atoms with Gasteiger partial charge in [0, 0.05) is 11.1 Å². The zero-order valence-corrected chi connectivity index (χ0v) is 13.8. The second kappa shape index (κ2) is 6.19. The number of fused-ring (bicyclic) bond motifs is 1. The smallest absolute Gasteiger partial charge is 0.251 e. The zero-order chi connectivity index (χ0) is 18.2. The van der Waals surface area contributed by atoms with Crippen molar-refractivity contribution in [2.75, 3.05) is 0 Å². The summed E-state index contributed by atoms with van der Waals surface area (Å²) >= 11 is 0. The summed E-state index contributed by atoms with van der Waals surface area (Å²) in [6.45, 7) is 3.44. The lowest BCUT2D eigenvalue weighted by Gasteiger charge is -2.42. The molecule has 0 aromatic heterocycles. The number of rotatable bonds is 2. The molecule has 0 saturated carbocycles. The second-order valence-electron chi connectivity index (χ2n) is 6.47. The molecule has 1 aliphatic rings. The Bertz CT molecular complexity index is 856. The standard InChI is InChI=1S/C19H17FN2O3/c1-19(2)17(23)16(14-9-11(10-21)3-8-15(14)25-19)22-18(24)12-4-6-13(20)7-5-12/h3-9,16-17,23H,1-2H3,(H,22,24)/t16-,17+/m0/s1. The van der Waals surface area contributed by atoms with Gasteiger partial charge >= 0.3 is 0 Å². The number of carbonyl (C=O) groups excluding carboxylic acids is 1. The van der Waals surface area contributed by atoms with Crippen LogP contribution in [0.2, 0.25) is 0 Å². The van der Waals surface area contributed by atoms with Gasteiger partial charge in [0.05, 0.1) is 17.7 Å². The Morgan fingerprint density at radius 3 is 2.60 bits per heavy atom. The largest absolute Gasteiger partial charge is 0.485 e. The minimum absolute atomic E-state index is 0.274. The van der Waals surface area contributed by atoms with Gasteiger partial charge in [-0.05, 0) is 56.3 Å². The number of ether oxygens (including phenoxy) is 1. The van der Waals surface area contributed by atoms with Crippen molar-refractivity contribution in [3.63, 3.8) is 0 Å². The van der Waals surface area contributed by atoms with Crippen LogP contribution in [0.4, 0.5) is 4.39 Å². The number of nitriles is 1. The first kappa shape index (κ1) is 16.9. The van der Waals surface area contributed by atoms with Crippen molar-refractivity contribution in [1.29, 1.82) is 5.26 Å².